The van der Waals surface area contributed by atoms with Gasteiger partial charge in [0.1, 0.15) is 29.9 Å². The maximum absolute atomic E-state index is 10.6. The summed E-state index contributed by atoms with van der Waals surface area (Å²) in [6, 6.07) is 0. The van der Waals surface area contributed by atoms with E-state index in [1.54, 1.807) is 15.6 Å². The zero-order valence-electron chi connectivity index (χ0n) is 24.2. The Labute approximate surface area is 237 Å². The summed E-state index contributed by atoms with van der Waals surface area (Å²) in [5, 5.41) is 19.0. The largest absolute Gasteiger partial charge is 0.390 e. The summed E-state index contributed by atoms with van der Waals surface area (Å²) in [4.78, 5) is 12.5. The van der Waals surface area contributed by atoms with Crippen molar-refractivity contribution >= 4 is 17.0 Å². The van der Waals surface area contributed by atoms with Gasteiger partial charge in [0.2, 0.25) is 0 Å². The minimum absolute atomic E-state index is 0.320. The normalized spacial score (nSPS) is 19.2. The second kappa shape index (κ2) is 16.6. The van der Waals surface area contributed by atoms with Gasteiger partial charge in [0.15, 0.2) is 11.5 Å². The van der Waals surface area contributed by atoms with Crippen molar-refractivity contribution in [2.24, 2.45) is 0 Å². The van der Waals surface area contributed by atoms with E-state index in [2.05, 4.69) is 32.2 Å². The van der Waals surface area contributed by atoms with Gasteiger partial charge in [-0.1, -0.05) is 95.6 Å². The topological polar surface area (TPSA) is 139 Å². The van der Waals surface area contributed by atoms with Gasteiger partial charge in [-0.15, -0.1) is 5.10 Å². The fourth-order valence-corrected chi connectivity index (χ4v) is 5.38. The van der Waals surface area contributed by atoms with E-state index >= 15 is 0 Å². The number of anilines is 1. The Bertz CT molecular complexity index is 1120. The number of aromatic nitrogens is 7. The number of aliphatic hydroxyl groups excluding tert-OH is 1. The van der Waals surface area contributed by atoms with Gasteiger partial charge in [-0.2, -0.15) is 0 Å². The predicted octanol–water partition coefficient (Wildman–Crippen LogP) is 5.35. The van der Waals surface area contributed by atoms with Crippen LogP contribution in [0.15, 0.2) is 18.9 Å². The molecule has 0 amide bonds. The van der Waals surface area contributed by atoms with Crippen LogP contribution >= 0.6 is 0 Å². The van der Waals surface area contributed by atoms with Crippen molar-refractivity contribution in [1.82, 2.24) is 34.5 Å². The summed E-state index contributed by atoms with van der Waals surface area (Å²) in [6.45, 7) is 3.85. The molecule has 0 spiro atoms. The Morgan fingerprint density at radius 2 is 1.62 bits per heavy atom. The zero-order chi connectivity index (χ0) is 28.0. The highest BCUT2D eigenvalue weighted by molar-refractivity contribution is 5.81. The molecule has 3 aromatic rings. The molecule has 40 heavy (non-hydrogen) atoms. The molecule has 1 aliphatic heterocycles. The fourth-order valence-electron chi connectivity index (χ4n) is 5.38. The molecule has 0 saturated carbocycles. The zero-order valence-corrected chi connectivity index (χ0v) is 24.2. The maximum Gasteiger partial charge on any atom is 0.167 e. The van der Waals surface area contributed by atoms with Crippen LogP contribution in [0, 0.1) is 0 Å². The van der Waals surface area contributed by atoms with E-state index in [4.69, 9.17) is 15.2 Å². The summed E-state index contributed by atoms with van der Waals surface area (Å²) in [5.41, 5.74) is 7.78. The van der Waals surface area contributed by atoms with Crippen molar-refractivity contribution in [1.29, 1.82) is 0 Å². The molecule has 3 aromatic heterocycles. The SMILES string of the molecule is CCCCCCCCCCCCCCCCOCc1cn(C[C@H]2O[C@@H](n3cnc4c(N)ncnc43)CC2O)nn1. The minimum Gasteiger partial charge on any atom is -0.390 e. The van der Waals surface area contributed by atoms with Gasteiger partial charge in [-0.05, 0) is 6.42 Å². The number of imidazole rings is 1. The fraction of sp³-hybridized carbons (Fsp3) is 0.759. The molecule has 0 aromatic carbocycles. The molecule has 4 heterocycles. The number of nitrogen functional groups attached to an aromatic ring is 1. The summed E-state index contributed by atoms with van der Waals surface area (Å²) < 4.78 is 15.4. The first kappa shape index (κ1) is 30.3. The molecule has 1 fully saturated rings. The summed E-state index contributed by atoms with van der Waals surface area (Å²) in [6.07, 6.45) is 22.7. The van der Waals surface area contributed by atoms with Gasteiger partial charge < -0.3 is 20.3 Å². The first-order valence-corrected chi connectivity index (χ1v) is 15.4. The molecule has 11 nitrogen and oxygen atoms in total. The number of fused-ring (bicyclic) bond motifs is 1. The molecule has 1 unspecified atom stereocenters. The lowest BCUT2D eigenvalue weighted by Gasteiger charge is -2.15. The molecule has 0 aliphatic carbocycles. The van der Waals surface area contributed by atoms with Crippen LogP contribution in [0.25, 0.3) is 11.2 Å². The van der Waals surface area contributed by atoms with E-state index in [0.29, 0.717) is 36.6 Å². The Balaban J connectivity index is 1.03. The molecule has 0 bridgehead atoms. The van der Waals surface area contributed by atoms with E-state index in [0.717, 1.165) is 18.7 Å². The first-order chi connectivity index (χ1) is 19.7. The molecule has 3 N–H and O–H groups in total. The van der Waals surface area contributed by atoms with Crippen LogP contribution in [0.4, 0.5) is 5.82 Å². The van der Waals surface area contributed by atoms with Crippen LogP contribution in [0.2, 0.25) is 0 Å². The van der Waals surface area contributed by atoms with Gasteiger partial charge in [-0.25, -0.2) is 19.6 Å². The third-order valence-electron chi connectivity index (χ3n) is 7.75. The van der Waals surface area contributed by atoms with E-state index < -0.39 is 18.4 Å². The lowest BCUT2D eigenvalue weighted by Crippen LogP contribution is -2.26. The Kier molecular flexibility index (Phi) is 12.6. The van der Waals surface area contributed by atoms with Crippen LogP contribution in [0.1, 0.15) is 115 Å². The monoisotopic (exact) mass is 556 g/mol. The lowest BCUT2D eigenvalue weighted by atomic mass is 10.0. The third kappa shape index (κ3) is 9.21. The number of rotatable bonds is 20. The molecular formula is C29H48N8O3. The summed E-state index contributed by atoms with van der Waals surface area (Å²) in [7, 11) is 0. The number of hydrogen-bond donors (Lipinski definition) is 2. The van der Waals surface area contributed by atoms with Crippen molar-refractivity contribution in [3.8, 4) is 0 Å². The molecule has 4 rings (SSSR count). The second-order valence-electron chi connectivity index (χ2n) is 11.1. The van der Waals surface area contributed by atoms with E-state index in [9.17, 15) is 5.11 Å². The van der Waals surface area contributed by atoms with E-state index in [-0.39, 0.29) is 0 Å². The van der Waals surface area contributed by atoms with Crippen molar-refractivity contribution in [3.05, 3.63) is 24.5 Å². The molecule has 1 aliphatic rings. The van der Waals surface area contributed by atoms with Gasteiger partial charge >= 0.3 is 0 Å². The van der Waals surface area contributed by atoms with Crippen LogP contribution in [0.5, 0.6) is 0 Å². The molecule has 3 atom stereocenters. The highest BCUT2D eigenvalue weighted by atomic mass is 16.5. The molecule has 11 heteroatoms. The molecule has 1 saturated heterocycles. The maximum atomic E-state index is 10.6. The highest BCUT2D eigenvalue weighted by Crippen LogP contribution is 2.32. The number of unbranched alkanes of at least 4 members (excludes halogenated alkanes) is 13. The number of nitrogens with two attached hydrogens (primary N) is 1. The van der Waals surface area contributed by atoms with Crippen molar-refractivity contribution in [2.45, 2.75) is 135 Å². The van der Waals surface area contributed by atoms with E-state index in [1.165, 1.54) is 89.8 Å². The first-order valence-electron chi connectivity index (χ1n) is 15.4. The molecular weight excluding hydrogens is 508 g/mol. The lowest BCUT2D eigenvalue weighted by molar-refractivity contribution is -0.0269. The van der Waals surface area contributed by atoms with Crippen LogP contribution in [-0.4, -0.2) is 58.4 Å². The van der Waals surface area contributed by atoms with Gasteiger partial charge in [0.25, 0.3) is 0 Å². The average molecular weight is 557 g/mol. The Morgan fingerprint density at radius 3 is 2.33 bits per heavy atom. The number of hydrogen-bond acceptors (Lipinski definition) is 9. The van der Waals surface area contributed by atoms with Crippen LogP contribution < -0.4 is 5.73 Å². The van der Waals surface area contributed by atoms with Crippen LogP contribution in [0.3, 0.4) is 0 Å². The summed E-state index contributed by atoms with van der Waals surface area (Å²) >= 11 is 0. The van der Waals surface area contributed by atoms with E-state index in [1.807, 2.05) is 6.20 Å². The molecule has 222 valence electrons. The van der Waals surface area contributed by atoms with Crippen molar-refractivity contribution in [2.75, 3.05) is 12.3 Å². The van der Waals surface area contributed by atoms with Gasteiger partial charge in [0.05, 0.1) is 31.8 Å². The second-order valence-corrected chi connectivity index (χ2v) is 11.1. The summed E-state index contributed by atoms with van der Waals surface area (Å²) in [5.74, 6) is 0.320. The number of nitrogens with zero attached hydrogens (tertiary/aromatic N) is 7. The van der Waals surface area contributed by atoms with Gasteiger partial charge in [0, 0.05) is 13.0 Å². The smallest absolute Gasteiger partial charge is 0.167 e. The quantitative estimate of drug-likeness (QED) is 0.176. The predicted molar refractivity (Wildman–Crippen MR) is 154 cm³/mol. The minimum atomic E-state index is -0.647. The molecule has 0 radical (unpaired) electrons. The van der Waals surface area contributed by atoms with Gasteiger partial charge in [-0.3, -0.25) is 4.57 Å². The number of aliphatic hydroxyl groups is 1. The Morgan fingerprint density at radius 1 is 0.950 bits per heavy atom. The standard InChI is InChI=1S/C29H48N8O3/c1-2-3-4-5-6-7-8-9-10-11-12-13-14-15-16-39-20-23-18-36(35-34-23)19-25-24(38)17-26(40-25)37-22-33-27-28(30)31-21-32-29(27)37/h18,21-22,24-26,38H,2-17,19-20H2,1H3,(H2,30,31,32)/t24?,25-,26-/m1/s1. The highest BCUT2D eigenvalue weighted by Gasteiger charge is 2.36. The average Bonchev–Trinajstić information content (AvgIpc) is 3.68. The third-order valence-corrected chi connectivity index (χ3v) is 7.75. The van der Waals surface area contributed by atoms with Crippen molar-refractivity contribution < 1.29 is 14.6 Å². The van der Waals surface area contributed by atoms with Crippen LogP contribution in [-0.2, 0) is 22.6 Å². The van der Waals surface area contributed by atoms with Crippen molar-refractivity contribution in [3.63, 3.8) is 0 Å². The Hall–Kier alpha value is -2.63. The number of ether oxygens (including phenoxy) is 2.